The van der Waals surface area contributed by atoms with Gasteiger partial charge >= 0.3 is 12.1 Å². The number of ether oxygens (including phenoxy) is 2. The molecule has 28 heavy (non-hydrogen) atoms. The average molecular weight is 383 g/mol. The summed E-state index contributed by atoms with van der Waals surface area (Å²) in [4.78, 5) is 27.1. The van der Waals surface area contributed by atoms with Crippen molar-refractivity contribution in [3.8, 4) is 5.75 Å². The molecule has 0 spiro atoms. The SMILES string of the molecule is CC(C)(C)OC(=O)N1CCc2cc(O)ccc2C1C(=O)OCc1ccccc1. The number of benzene rings is 2. The Hall–Kier alpha value is -3.02. The Kier molecular flexibility index (Phi) is 5.58. The highest BCUT2D eigenvalue weighted by Gasteiger charge is 2.39. The highest BCUT2D eigenvalue weighted by Crippen LogP contribution is 2.34. The summed E-state index contributed by atoms with van der Waals surface area (Å²) in [5.41, 5.74) is 1.65. The molecular formula is C22H25NO5. The van der Waals surface area contributed by atoms with Gasteiger partial charge in [0.25, 0.3) is 0 Å². The summed E-state index contributed by atoms with van der Waals surface area (Å²) in [7, 11) is 0. The molecule has 0 bridgehead atoms. The third-order valence-electron chi connectivity index (χ3n) is 4.43. The molecule has 1 N–H and O–H groups in total. The first-order valence-corrected chi connectivity index (χ1v) is 9.26. The number of hydrogen-bond acceptors (Lipinski definition) is 5. The van der Waals surface area contributed by atoms with Gasteiger partial charge in [0.1, 0.15) is 18.0 Å². The van der Waals surface area contributed by atoms with Crippen LogP contribution in [0.1, 0.15) is 43.5 Å². The first-order chi connectivity index (χ1) is 13.2. The van der Waals surface area contributed by atoms with Crippen LogP contribution in [-0.4, -0.2) is 34.2 Å². The number of esters is 1. The maximum absolute atomic E-state index is 13.0. The number of aromatic hydroxyl groups is 1. The van der Waals surface area contributed by atoms with Crippen molar-refractivity contribution in [2.24, 2.45) is 0 Å². The molecule has 6 nitrogen and oxygen atoms in total. The Bertz CT molecular complexity index is 857. The van der Waals surface area contributed by atoms with Gasteiger partial charge in [0.05, 0.1) is 0 Å². The lowest BCUT2D eigenvalue weighted by Crippen LogP contribution is -2.46. The molecule has 6 heteroatoms. The third-order valence-corrected chi connectivity index (χ3v) is 4.43. The van der Waals surface area contributed by atoms with E-state index < -0.39 is 23.7 Å². The third kappa shape index (κ3) is 4.63. The lowest BCUT2D eigenvalue weighted by atomic mass is 9.92. The van der Waals surface area contributed by atoms with Gasteiger partial charge in [0, 0.05) is 6.54 Å². The van der Waals surface area contributed by atoms with E-state index in [1.165, 1.54) is 11.0 Å². The second-order valence-corrected chi connectivity index (χ2v) is 7.80. The van der Waals surface area contributed by atoms with Gasteiger partial charge < -0.3 is 14.6 Å². The maximum atomic E-state index is 13.0. The quantitative estimate of drug-likeness (QED) is 0.812. The first-order valence-electron chi connectivity index (χ1n) is 9.26. The van der Waals surface area contributed by atoms with Gasteiger partial charge in [0.2, 0.25) is 0 Å². The fourth-order valence-corrected chi connectivity index (χ4v) is 3.19. The molecule has 0 saturated carbocycles. The van der Waals surface area contributed by atoms with Crippen LogP contribution in [0, 0.1) is 0 Å². The average Bonchev–Trinajstić information content (AvgIpc) is 2.64. The lowest BCUT2D eigenvalue weighted by molar-refractivity contribution is -0.152. The number of phenols is 1. The molecular weight excluding hydrogens is 358 g/mol. The van der Waals surface area contributed by atoms with Crippen LogP contribution in [0.2, 0.25) is 0 Å². The van der Waals surface area contributed by atoms with Crippen molar-refractivity contribution in [2.75, 3.05) is 6.54 Å². The molecule has 1 aliphatic heterocycles. The monoisotopic (exact) mass is 383 g/mol. The highest BCUT2D eigenvalue weighted by atomic mass is 16.6. The van der Waals surface area contributed by atoms with Crippen molar-refractivity contribution in [3.63, 3.8) is 0 Å². The van der Waals surface area contributed by atoms with E-state index in [1.807, 2.05) is 30.3 Å². The van der Waals surface area contributed by atoms with Crippen LogP contribution in [0.25, 0.3) is 0 Å². The van der Waals surface area contributed by atoms with Crippen molar-refractivity contribution in [1.82, 2.24) is 4.90 Å². The predicted octanol–water partition coefficient (Wildman–Crippen LogP) is 3.97. The van der Waals surface area contributed by atoms with E-state index in [0.717, 1.165) is 11.1 Å². The van der Waals surface area contributed by atoms with Gasteiger partial charge in [-0.1, -0.05) is 36.4 Å². The predicted molar refractivity (Wildman–Crippen MR) is 104 cm³/mol. The van der Waals surface area contributed by atoms with Gasteiger partial charge in [-0.05, 0) is 56.0 Å². The molecule has 1 heterocycles. The van der Waals surface area contributed by atoms with E-state index in [9.17, 15) is 14.7 Å². The topological polar surface area (TPSA) is 76.1 Å². The molecule has 148 valence electrons. The minimum Gasteiger partial charge on any atom is -0.508 e. The zero-order valence-corrected chi connectivity index (χ0v) is 16.3. The van der Waals surface area contributed by atoms with Crippen molar-refractivity contribution >= 4 is 12.1 Å². The van der Waals surface area contributed by atoms with Crippen LogP contribution in [0.3, 0.4) is 0 Å². The summed E-state index contributed by atoms with van der Waals surface area (Å²) in [6.07, 6.45) is -0.0429. The molecule has 3 rings (SSSR count). The molecule has 0 radical (unpaired) electrons. The summed E-state index contributed by atoms with van der Waals surface area (Å²) in [6, 6.07) is 13.2. The van der Waals surface area contributed by atoms with E-state index >= 15 is 0 Å². The number of hydrogen-bond donors (Lipinski definition) is 1. The second kappa shape index (κ2) is 7.92. The normalized spacial score (nSPS) is 16.2. The largest absolute Gasteiger partial charge is 0.508 e. The highest BCUT2D eigenvalue weighted by molar-refractivity contribution is 5.84. The fraction of sp³-hybridized carbons (Fsp3) is 0.364. The molecule has 1 unspecified atom stereocenters. The van der Waals surface area contributed by atoms with Gasteiger partial charge in [-0.25, -0.2) is 9.59 Å². The van der Waals surface area contributed by atoms with Crippen LogP contribution >= 0.6 is 0 Å². The summed E-state index contributed by atoms with van der Waals surface area (Å²) >= 11 is 0. The van der Waals surface area contributed by atoms with Gasteiger partial charge in [-0.2, -0.15) is 0 Å². The number of carbonyl (C=O) groups is 2. The minimum absolute atomic E-state index is 0.117. The summed E-state index contributed by atoms with van der Waals surface area (Å²) < 4.78 is 11.0. The van der Waals surface area contributed by atoms with Gasteiger partial charge in [-0.3, -0.25) is 4.90 Å². The second-order valence-electron chi connectivity index (χ2n) is 7.80. The molecule has 1 amide bonds. The Morgan fingerprint density at radius 3 is 2.54 bits per heavy atom. The number of fused-ring (bicyclic) bond motifs is 1. The Morgan fingerprint density at radius 1 is 1.14 bits per heavy atom. The standard InChI is InChI=1S/C22H25NO5/c1-22(2,3)28-21(26)23-12-11-16-13-17(24)9-10-18(16)19(23)20(25)27-14-15-7-5-4-6-8-15/h4-10,13,19,24H,11-12,14H2,1-3H3. The van der Waals surface area contributed by atoms with E-state index in [1.54, 1.807) is 32.9 Å². The van der Waals surface area contributed by atoms with E-state index in [4.69, 9.17) is 9.47 Å². The zero-order valence-electron chi connectivity index (χ0n) is 16.3. The van der Waals surface area contributed by atoms with Crippen molar-refractivity contribution in [3.05, 3.63) is 65.2 Å². The minimum atomic E-state index is -0.914. The van der Waals surface area contributed by atoms with Crippen LogP contribution in [0.5, 0.6) is 5.75 Å². The first kappa shape index (κ1) is 19.7. The summed E-state index contributed by atoms with van der Waals surface area (Å²) in [5.74, 6) is -0.401. The molecule has 2 aromatic rings. The van der Waals surface area contributed by atoms with Crippen LogP contribution in [-0.2, 0) is 27.3 Å². The zero-order chi connectivity index (χ0) is 20.3. The molecule has 2 aromatic carbocycles. The molecule has 0 aromatic heterocycles. The smallest absolute Gasteiger partial charge is 0.411 e. The number of phenolic OH excluding ortho intramolecular Hbond substituents is 1. The fourth-order valence-electron chi connectivity index (χ4n) is 3.19. The molecule has 0 saturated heterocycles. The Morgan fingerprint density at radius 2 is 1.86 bits per heavy atom. The van der Waals surface area contributed by atoms with Crippen LogP contribution in [0.15, 0.2) is 48.5 Å². The lowest BCUT2D eigenvalue weighted by Gasteiger charge is -2.36. The van der Waals surface area contributed by atoms with Gasteiger partial charge in [0.15, 0.2) is 6.04 Å². The van der Waals surface area contributed by atoms with Crippen LogP contribution in [0.4, 0.5) is 4.79 Å². The Balaban J connectivity index is 1.86. The summed E-state index contributed by atoms with van der Waals surface area (Å²) in [6.45, 7) is 5.76. The number of rotatable bonds is 3. The molecule has 1 atom stereocenters. The number of nitrogens with zero attached hydrogens (tertiary/aromatic N) is 1. The van der Waals surface area contributed by atoms with Crippen molar-refractivity contribution in [2.45, 2.75) is 45.4 Å². The van der Waals surface area contributed by atoms with E-state index in [2.05, 4.69) is 0 Å². The number of amides is 1. The van der Waals surface area contributed by atoms with Gasteiger partial charge in [-0.15, -0.1) is 0 Å². The molecule has 0 fully saturated rings. The Labute approximate surface area is 164 Å². The molecule has 0 aliphatic carbocycles. The summed E-state index contributed by atoms with van der Waals surface area (Å²) in [5, 5.41) is 9.77. The van der Waals surface area contributed by atoms with E-state index in [-0.39, 0.29) is 12.4 Å². The van der Waals surface area contributed by atoms with Crippen LogP contribution < -0.4 is 0 Å². The van der Waals surface area contributed by atoms with Crippen molar-refractivity contribution in [1.29, 1.82) is 0 Å². The number of carbonyl (C=O) groups excluding carboxylic acids is 2. The van der Waals surface area contributed by atoms with E-state index in [0.29, 0.717) is 18.5 Å². The van der Waals surface area contributed by atoms with Crippen molar-refractivity contribution < 1.29 is 24.2 Å². The molecule has 1 aliphatic rings. The maximum Gasteiger partial charge on any atom is 0.411 e.